The average molecular weight is 437 g/mol. The fraction of sp³-hybridized carbons (Fsp3) is 0.273. The maximum absolute atomic E-state index is 13.2. The van der Waals surface area contributed by atoms with Gasteiger partial charge in [0.25, 0.3) is 0 Å². The van der Waals surface area contributed by atoms with Crippen LogP contribution >= 0.6 is 0 Å². The van der Waals surface area contributed by atoms with Gasteiger partial charge >= 0.3 is 0 Å². The van der Waals surface area contributed by atoms with Gasteiger partial charge in [-0.2, -0.15) is 0 Å². The molecule has 31 heavy (non-hydrogen) atoms. The lowest BCUT2D eigenvalue weighted by molar-refractivity contribution is 0.0955. The van der Waals surface area contributed by atoms with Crippen LogP contribution in [0.3, 0.4) is 0 Å². The van der Waals surface area contributed by atoms with E-state index in [1.165, 1.54) is 18.4 Å². The molecule has 9 heteroatoms. The lowest BCUT2D eigenvalue weighted by Gasteiger charge is -2.39. The Morgan fingerprint density at radius 2 is 1.71 bits per heavy atom. The Bertz CT molecular complexity index is 1460. The third kappa shape index (κ3) is 2.06. The Hall–Kier alpha value is -3.33. The molecule has 2 aromatic rings. The Morgan fingerprint density at radius 3 is 2.48 bits per heavy atom. The molecule has 0 saturated carbocycles. The van der Waals surface area contributed by atoms with E-state index in [0.717, 1.165) is 0 Å². The van der Waals surface area contributed by atoms with Crippen LogP contribution in [0.25, 0.3) is 0 Å². The van der Waals surface area contributed by atoms with Gasteiger partial charge in [0.15, 0.2) is 21.4 Å². The molecule has 156 valence electrons. The third-order valence-electron chi connectivity index (χ3n) is 6.83. The maximum atomic E-state index is 13.2. The fourth-order valence-corrected chi connectivity index (χ4v) is 6.70. The first-order valence-corrected chi connectivity index (χ1v) is 11.5. The SMILES string of the molecule is C[C@@]12CCC(=O)c3coc(c31)C(=O)c1cc3c(cc12)C(=O)C1=C(NCCS1(=O)=O)C3=O. The Kier molecular flexibility index (Phi) is 3.26. The van der Waals surface area contributed by atoms with Crippen LogP contribution in [0.4, 0.5) is 0 Å². The van der Waals surface area contributed by atoms with Crippen molar-refractivity contribution < 1.29 is 32.0 Å². The minimum absolute atomic E-state index is 0.00818. The van der Waals surface area contributed by atoms with Crippen LogP contribution in [0.15, 0.2) is 33.4 Å². The fourth-order valence-electron chi connectivity index (χ4n) is 5.26. The number of sulfone groups is 1. The summed E-state index contributed by atoms with van der Waals surface area (Å²) in [5.74, 6) is -2.15. The molecule has 0 fully saturated rings. The van der Waals surface area contributed by atoms with Crippen LogP contribution in [0.2, 0.25) is 0 Å². The molecule has 1 aliphatic heterocycles. The predicted molar refractivity (Wildman–Crippen MR) is 106 cm³/mol. The number of carbonyl (C=O) groups excluding carboxylic acids is 4. The summed E-state index contributed by atoms with van der Waals surface area (Å²) in [6, 6.07) is 2.83. The van der Waals surface area contributed by atoms with Gasteiger partial charge in [-0.3, -0.25) is 19.2 Å². The summed E-state index contributed by atoms with van der Waals surface area (Å²) in [5.41, 5.74) is 0.543. The Balaban J connectivity index is 1.64. The highest BCUT2D eigenvalue weighted by atomic mass is 32.2. The van der Waals surface area contributed by atoms with Crippen molar-refractivity contribution in [1.82, 2.24) is 5.32 Å². The topological polar surface area (TPSA) is 128 Å². The summed E-state index contributed by atoms with van der Waals surface area (Å²) in [6.45, 7) is 1.90. The molecule has 3 aliphatic carbocycles. The van der Waals surface area contributed by atoms with Gasteiger partial charge in [0.2, 0.25) is 17.3 Å². The van der Waals surface area contributed by atoms with E-state index in [9.17, 15) is 27.6 Å². The lowest BCUT2D eigenvalue weighted by atomic mass is 9.62. The molecule has 1 N–H and O–H groups in total. The smallest absolute Gasteiger partial charge is 0.228 e. The second-order valence-electron chi connectivity index (χ2n) is 8.49. The van der Waals surface area contributed by atoms with Gasteiger partial charge in [0.1, 0.15) is 16.9 Å². The van der Waals surface area contributed by atoms with E-state index in [2.05, 4.69) is 5.32 Å². The zero-order chi connectivity index (χ0) is 21.9. The molecule has 0 amide bonds. The van der Waals surface area contributed by atoms with E-state index in [0.29, 0.717) is 23.1 Å². The monoisotopic (exact) mass is 437 g/mol. The minimum atomic E-state index is -3.90. The van der Waals surface area contributed by atoms with Crippen molar-refractivity contribution in [3.8, 4) is 0 Å². The first-order valence-electron chi connectivity index (χ1n) is 9.84. The normalized spacial score (nSPS) is 25.5. The van der Waals surface area contributed by atoms with Crippen LogP contribution in [-0.4, -0.2) is 43.8 Å². The number of fused-ring (bicyclic) bond motifs is 3. The van der Waals surface area contributed by atoms with Crippen LogP contribution in [0.1, 0.15) is 78.1 Å². The average Bonchev–Trinajstić information content (AvgIpc) is 3.19. The number of hydrogen-bond donors (Lipinski definition) is 1. The number of allylic oxidation sites excluding steroid dienone is 2. The van der Waals surface area contributed by atoms with Gasteiger partial charge in [0.05, 0.1) is 11.3 Å². The molecule has 0 bridgehead atoms. The van der Waals surface area contributed by atoms with Crippen LogP contribution in [-0.2, 0) is 15.3 Å². The molecule has 6 rings (SSSR count). The summed E-state index contributed by atoms with van der Waals surface area (Å²) in [6.07, 6.45) is 1.94. The van der Waals surface area contributed by atoms with Crippen LogP contribution < -0.4 is 5.32 Å². The summed E-state index contributed by atoms with van der Waals surface area (Å²) in [4.78, 5) is 51.4. The molecule has 1 aromatic carbocycles. The van der Waals surface area contributed by atoms with Crippen LogP contribution in [0.5, 0.6) is 0 Å². The van der Waals surface area contributed by atoms with Crippen molar-refractivity contribution in [1.29, 1.82) is 0 Å². The van der Waals surface area contributed by atoms with E-state index in [1.807, 2.05) is 6.92 Å². The number of hydrogen-bond acceptors (Lipinski definition) is 8. The molecule has 1 atom stereocenters. The molecule has 2 heterocycles. The number of Topliss-reactive ketones (excluding diaryl/α,β-unsaturated/α-hetero) is 3. The summed E-state index contributed by atoms with van der Waals surface area (Å²) >= 11 is 0. The van der Waals surface area contributed by atoms with Crippen molar-refractivity contribution in [2.24, 2.45) is 0 Å². The number of rotatable bonds is 0. The highest BCUT2D eigenvalue weighted by Gasteiger charge is 2.50. The standard InChI is InChI=1S/C22H15NO7S/c1-22-3-2-14(24)12-8-30-20(15(12)22)18(26)11-6-9-10(7-13(11)22)19(27)21-16(17(9)25)23-4-5-31(21,28)29/h6-8,23H,2-5H2,1H3/t22-/m0/s1. The maximum Gasteiger partial charge on any atom is 0.228 e. The van der Waals surface area contributed by atoms with Gasteiger partial charge in [0, 0.05) is 40.6 Å². The van der Waals surface area contributed by atoms with Crippen molar-refractivity contribution in [2.75, 3.05) is 12.3 Å². The zero-order valence-corrected chi connectivity index (χ0v) is 17.1. The van der Waals surface area contributed by atoms with Crippen molar-refractivity contribution >= 4 is 33.0 Å². The van der Waals surface area contributed by atoms with Gasteiger partial charge < -0.3 is 9.73 Å². The predicted octanol–water partition coefficient (Wildman–Crippen LogP) is 1.72. The lowest BCUT2D eigenvalue weighted by Crippen LogP contribution is -2.42. The number of carbonyl (C=O) groups is 4. The van der Waals surface area contributed by atoms with Crippen LogP contribution in [0, 0.1) is 0 Å². The molecule has 0 radical (unpaired) electrons. The summed E-state index contributed by atoms with van der Waals surface area (Å²) in [5, 5.41) is 2.74. The van der Waals surface area contributed by atoms with Crippen molar-refractivity contribution in [3.05, 3.63) is 68.1 Å². The molecule has 0 spiro atoms. The highest BCUT2D eigenvalue weighted by Crippen LogP contribution is 2.50. The van der Waals surface area contributed by atoms with E-state index in [4.69, 9.17) is 4.42 Å². The number of ketones is 4. The molecule has 8 nitrogen and oxygen atoms in total. The largest absolute Gasteiger partial charge is 0.460 e. The number of nitrogens with one attached hydrogen (secondary N) is 1. The van der Waals surface area contributed by atoms with Crippen molar-refractivity contribution in [2.45, 2.75) is 25.2 Å². The van der Waals surface area contributed by atoms with E-state index in [1.54, 1.807) is 0 Å². The number of benzene rings is 1. The zero-order valence-electron chi connectivity index (χ0n) is 16.3. The third-order valence-corrected chi connectivity index (χ3v) is 8.58. The molecule has 4 aliphatic rings. The molecular formula is C22H15NO7S. The van der Waals surface area contributed by atoms with E-state index in [-0.39, 0.29) is 52.6 Å². The molecule has 0 saturated heterocycles. The molecule has 0 unspecified atom stereocenters. The van der Waals surface area contributed by atoms with Gasteiger partial charge in [-0.25, -0.2) is 8.42 Å². The Labute approximate surface area is 176 Å². The summed E-state index contributed by atoms with van der Waals surface area (Å²) < 4.78 is 30.6. The Morgan fingerprint density at radius 1 is 0.968 bits per heavy atom. The minimum Gasteiger partial charge on any atom is -0.460 e. The molecule has 1 aromatic heterocycles. The van der Waals surface area contributed by atoms with E-state index >= 15 is 0 Å². The molecular weight excluding hydrogens is 422 g/mol. The first-order chi connectivity index (χ1) is 14.6. The highest BCUT2D eigenvalue weighted by molar-refractivity contribution is 7.96. The van der Waals surface area contributed by atoms with E-state index < -0.39 is 37.5 Å². The second-order valence-corrected chi connectivity index (χ2v) is 10.5. The number of furan rings is 1. The van der Waals surface area contributed by atoms with Crippen molar-refractivity contribution in [3.63, 3.8) is 0 Å². The quantitative estimate of drug-likeness (QED) is 0.660. The second kappa shape index (κ2) is 5.47. The van der Waals surface area contributed by atoms with Gasteiger partial charge in [-0.05, 0) is 24.1 Å². The van der Waals surface area contributed by atoms with Gasteiger partial charge in [-0.15, -0.1) is 0 Å². The summed E-state index contributed by atoms with van der Waals surface area (Å²) in [7, 11) is -3.90. The van der Waals surface area contributed by atoms with Gasteiger partial charge in [-0.1, -0.05) is 6.92 Å². The first kappa shape index (κ1) is 18.4.